The highest BCUT2D eigenvalue weighted by atomic mass is 127. The van der Waals surface area contributed by atoms with Gasteiger partial charge in [-0.1, -0.05) is 13.3 Å². The molecule has 1 aromatic carbocycles. The number of carbonyl (C=O) groups is 3. The van der Waals surface area contributed by atoms with Crippen LogP contribution < -0.4 is 20.1 Å². The summed E-state index contributed by atoms with van der Waals surface area (Å²) in [6.45, 7) is 2.43. The number of aliphatic hydroxyl groups is 1. The van der Waals surface area contributed by atoms with Crippen LogP contribution in [0.1, 0.15) is 75.1 Å². The average molecular weight is 691 g/mol. The summed E-state index contributed by atoms with van der Waals surface area (Å²) in [5, 5.41) is 15.8. The van der Waals surface area contributed by atoms with Crippen LogP contribution in [0.15, 0.2) is 12.1 Å². The maximum atomic E-state index is 15.0. The molecule has 41 heavy (non-hydrogen) atoms. The van der Waals surface area contributed by atoms with Crippen molar-refractivity contribution < 1.29 is 41.2 Å². The number of carbonyl (C=O) groups excluding carboxylic acids is 3. The summed E-state index contributed by atoms with van der Waals surface area (Å²) in [5.74, 6) is -2.33. The van der Waals surface area contributed by atoms with Crippen molar-refractivity contribution in [2.75, 3.05) is 27.4 Å². The lowest BCUT2D eigenvalue weighted by molar-refractivity contribution is -0.148. The quantitative estimate of drug-likeness (QED) is 0.299. The van der Waals surface area contributed by atoms with Gasteiger partial charge in [0.2, 0.25) is 5.91 Å². The van der Waals surface area contributed by atoms with Crippen molar-refractivity contribution in [3.05, 3.63) is 23.5 Å². The molecule has 3 N–H and O–H groups in total. The molecule has 3 aliphatic carbocycles. The van der Waals surface area contributed by atoms with E-state index in [1.807, 2.05) is 0 Å². The van der Waals surface area contributed by atoms with Gasteiger partial charge in [-0.25, -0.2) is 4.39 Å². The van der Waals surface area contributed by atoms with Gasteiger partial charge in [0.1, 0.15) is 5.75 Å². The first kappa shape index (κ1) is 31.7. The maximum absolute atomic E-state index is 15.0. The Morgan fingerprint density at radius 2 is 1.78 bits per heavy atom. The van der Waals surface area contributed by atoms with E-state index in [0.717, 1.165) is 18.9 Å². The summed E-state index contributed by atoms with van der Waals surface area (Å²) in [4.78, 5) is 38.8. The normalized spacial score (nSPS) is 28.7. The number of amides is 2. The lowest BCUT2D eigenvalue weighted by Crippen LogP contribution is -2.47. The SMILES string of the molecule is COc1cc(F)c(O[C@H]2CC[C@@](CO)(C(=O)OI)CC2)cc1C(=O)N[C@@H]1C[C@@H](OC)C[C@@H]1C(=O)NCC1(C)CCC1. The van der Waals surface area contributed by atoms with E-state index in [2.05, 4.69) is 17.6 Å². The molecule has 3 aliphatic rings. The number of ether oxygens (including phenoxy) is 3. The molecule has 0 aliphatic heterocycles. The lowest BCUT2D eigenvalue weighted by Gasteiger charge is -2.38. The standard InChI is InChI=1S/C29H40FIN2O8/c1-28(7-4-8-28)15-32-25(35)19-11-18(38-2)12-22(19)33-26(36)20-13-24(21(30)14-23(20)39-3)40-17-5-9-29(16-34,10-6-17)27(37)41-31/h13-14,17-19,22,34H,4-12,15-16H2,1-3H3,(H,32,35)(H,33,36)/t17-,18-,19-,22+,29+/m0/s1. The Bertz CT molecular complexity index is 1120. The van der Waals surface area contributed by atoms with Crippen molar-refractivity contribution in [3.8, 4) is 11.5 Å². The fourth-order valence-electron chi connectivity index (χ4n) is 6.19. The van der Waals surface area contributed by atoms with E-state index >= 15 is 4.39 Å². The summed E-state index contributed by atoms with van der Waals surface area (Å²) >= 11 is 1.51. The third-order valence-electron chi connectivity index (χ3n) is 9.24. The van der Waals surface area contributed by atoms with Gasteiger partial charge in [0, 0.05) is 25.8 Å². The zero-order valence-electron chi connectivity index (χ0n) is 23.8. The fraction of sp³-hybridized carbons (Fsp3) is 0.690. The van der Waals surface area contributed by atoms with E-state index in [4.69, 9.17) is 17.3 Å². The highest BCUT2D eigenvalue weighted by Crippen LogP contribution is 2.41. The van der Waals surface area contributed by atoms with Crippen LogP contribution in [-0.4, -0.2) is 68.5 Å². The number of hydrogen-bond acceptors (Lipinski definition) is 8. The van der Waals surface area contributed by atoms with Gasteiger partial charge in [0.25, 0.3) is 5.91 Å². The molecular weight excluding hydrogens is 650 g/mol. The largest absolute Gasteiger partial charge is 0.496 e. The third kappa shape index (κ3) is 7.07. The van der Waals surface area contributed by atoms with Crippen LogP contribution in [-0.2, 0) is 17.4 Å². The Morgan fingerprint density at radius 3 is 2.34 bits per heavy atom. The molecule has 0 heterocycles. The van der Waals surface area contributed by atoms with Gasteiger partial charge in [-0.2, -0.15) is 0 Å². The monoisotopic (exact) mass is 690 g/mol. The Balaban J connectivity index is 1.45. The minimum atomic E-state index is -0.996. The topological polar surface area (TPSA) is 132 Å². The van der Waals surface area contributed by atoms with E-state index in [-0.39, 0.29) is 41.1 Å². The van der Waals surface area contributed by atoms with Crippen molar-refractivity contribution in [1.82, 2.24) is 10.6 Å². The predicted octanol–water partition coefficient (Wildman–Crippen LogP) is 3.86. The highest BCUT2D eigenvalue weighted by molar-refractivity contribution is 14.1. The van der Waals surface area contributed by atoms with Crippen molar-refractivity contribution in [2.24, 2.45) is 16.7 Å². The van der Waals surface area contributed by atoms with E-state index in [0.29, 0.717) is 45.1 Å². The Kier molecular flexibility index (Phi) is 10.4. The molecule has 12 heteroatoms. The van der Waals surface area contributed by atoms with Crippen LogP contribution in [0.2, 0.25) is 0 Å². The molecule has 0 radical (unpaired) electrons. The molecule has 0 aromatic heterocycles. The van der Waals surface area contributed by atoms with E-state index in [1.165, 1.54) is 42.6 Å². The van der Waals surface area contributed by atoms with Crippen LogP contribution in [0.25, 0.3) is 0 Å². The summed E-state index contributed by atoms with van der Waals surface area (Å²) in [6.07, 6.45) is 5.15. The fourth-order valence-corrected chi connectivity index (χ4v) is 6.66. The second-order valence-electron chi connectivity index (χ2n) is 12.0. The van der Waals surface area contributed by atoms with Gasteiger partial charge in [0.05, 0.1) is 42.8 Å². The van der Waals surface area contributed by atoms with Gasteiger partial charge in [-0.3, -0.25) is 14.4 Å². The molecular formula is C29H40FIN2O8. The molecule has 3 atom stereocenters. The minimum absolute atomic E-state index is 0.0419. The summed E-state index contributed by atoms with van der Waals surface area (Å²) in [7, 11) is 2.94. The Morgan fingerprint density at radius 1 is 1.07 bits per heavy atom. The second kappa shape index (κ2) is 13.4. The van der Waals surface area contributed by atoms with Crippen molar-refractivity contribution >= 4 is 40.8 Å². The molecule has 228 valence electrons. The van der Waals surface area contributed by atoms with Crippen LogP contribution in [0, 0.1) is 22.6 Å². The third-order valence-corrected chi connectivity index (χ3v) is 9.64. The molecule has 1 aromatic rings. The van der Waals surface area contributed by atoms with E-state index in [1.54, 1.807) is 7.11 Å². The number of halogens is 2. The van der Waals surface area contributed by atoms with Crippen molar-refractivity contribution in [2.45, 2.75) is 83.0 Å². The number of nitrogens with one attached hydrogen (secondary N) is 2. The zero-order chi connectivity index (χ0) is 29.8. The first-order valence-corrected chi connectivity index (χ1v) is 15.0. The van der Waals surface area contributed by atoms with Gasteiger partial charge in [0.15, 0.2) is 34.6 Å². The zero-order valence-corrected chi connectivity index (χ0v) is 26.0. The summed E-state index contributed by atoms with van der Waals surface area (Å²) < 4.78 is 36.6. The Hall–Kier alpha value is -2.19. The Labute approximate surface area is 254 Å². The number of benzene rings is 1. The molecule has 3 fully saturated rings. The van der Waals surface area contributed by atoms with E-state index in [9.17, 15) is 19.5 Å². The lowest BCUT2D eigenvalue weighted by atomic mass is 9.70. The van der Waals surface area contributed by atoms with Gasteiger partial charge < -0.3 is 33.0 Å². The molecule has 2 amide bonds. The summed E-state index contributed by atoms with van der Waals surface area (Å²) in [5.41, 5.74) is -0.785. The highest BCUT2D eigenvalue weighted by Gasteiger charge is 2.44. The smallest absolute Gasteiger partial charge is 0.323 e. The summed E-state index contributed by atoms with van der Waals surface area (Å²) in [6, 6.07) is 1.95. The second-order valence-corrected chi connectivity index (χ2v) is 12.4. The number of aliphatic hydroxyl groups excluding tert-OH is 1. The molecule has 0 spiro atoms. The van der Waals surface area contributed by atoms with Crippen LogP contribution in [0.3, 0.4) is 0 Å². The van der Waals surface area contributed by atoms with E-state index < -0.39 is 41.2 Å². The molecule has 3 saturated carbocycles. The van der Waals surface area contributed by atoms with Gasteiger partial charge >= 0.3 is 5.97 Å². The number of rotatable bonds is 11. The molecule has 10 nitrogen and oxygen atoms in total. The van der Waals surface area contributed by atoms with Crippen molar-refractivity contribution in [3.63, 3.8) is 0 Å². The molecule has 0 bridgehead atoms. The van der Waals surface area contributed by atoms with Gasteiger partial charge in [-0.05, 0) is 62.8 Å². The molecule has 4 rings (SSSR count). The molecule has 0 saturated heterocycles. The van der Waals surface area contributed by atoms with Crippen LogP contribution >= 0.6 is 23.0 Å². The van der Waals surface area contributed by atoms with Gasteiger partial charge in [-0.15, -0.1) is 0 Å². The first-order chi connectivity index (χ1) is 19.6. The van der Waals surface area contributed by atoms with Crippen molar-refractivity contribution in [1.29, 1.82) is 0 Å². The first-order valence-electron chi connectivity index (χ1n) is 14.2. The number of methoxy groups -OCH3 is 2. The average Bonchev–Trinajstić information content (AvgIpc) is 3.38. The minimum Gasteiger partial charge on any atom is -0.496 e. The predicted molar refractivity (Wildman–Crippen MR) is 155 cm³/mol. The number of hydrogen-bond donors (Lipinski definition) is 3. The van der Waals surface area contributed by atoms with Crippen LogP contribution in [0.4, 0.5) is 4.39 Å². The maximum Gasteiger partial charge on any atom is 0.323 e. The molecule has 0 unspecified atom stereocenters. The van der Waals surface area contributed by atoms with Crippen LogP contribution in [0.5, 0.6) is 11.5 Å².